The van der Waals surface area contributed by atoms with E-state index in [0.717, 1.165) is 27.6 Å². The van der Waals surface area contributed by atoms with Crippen molar-refractivity contribution in [1.82, 2.24) is 4.31 Å². The Bertz CT molecular complexity index is 1030. The van der Waals surface area contributed by atoms with Gasteiger partial charge in [-0.05, 0) is 47.5 Å². The van der Waals surface area contributed by atoms with Crippen LogP contribution in [0.25, 0.3) is 6.08 Å². The van der Waals surface area contributed by atoms with Gasteiger partial charge in [-0.1, -0.05) is 6.07 Å². The van der Waals surface area contributed by atoms with Crippen LogP contribution in [0.5, 0.6) is 11.5 Å². The molecule has 1 N–H and O–H groups in total. The maximum atomic E-state index is 12.3. The largest absolute Gasteiger partial charge is 0.495 e. The van der Waals surface area contributed by atoms with Gasteiger partial charge in [0.05, 0.1) is 24.3 Å². The fourth-order valence-corrected chi connectivity index (χ4v) is 3.74. The van der Waals surface area contributed by atoms with Crippen LogP contribution in [-0.2, 0) is 21.2 Å². The zero-order valence-corrected chi connectivity index (χ0v) is 16.7. The highest BCUT2D eigenvalue weighted by Gasteiger charge is 2.19. The molecule has 1 amide bonds. The van der Waals surface area contributed by atoms with Crippen LogP contribution < -0.4 is 14.8 Å². The van der Waals surface area contributed by atoms with Gasteiger partial charge in [0.15, 0.2) is 0 Å². The third-order valence-electron chi connectivity index (χ3n) is 4.35. The summed E-state index contributed by atoms with van der Waals surface area (Å²) in [6, 6.07) is 10.1. The summed E-state index contributed by atoms with van der Waals surface area (Å²) in [7, 11) is 0.721. The molecule has 1 heterocycles. The lowest BCUT2D eigenvalue weighted by Crippen LogP contribution is -2.22. The highest BCUT2D eigenvalue weighted by Crippen LogP contribution is 2.29. The van der Waals surface area contributed by atoms with Crippen molar-refractivity contribution in [2.24, 2.45) is 0 Å². The predicted molar refractivity (Wildman–Crippen MR) is 107 cm³/mol. The monoisotopic (exact) mass is 402 g/mol. The zero-order valence-electron chi connectivity index (χ0n) is 15.9. The number of hydrogen-bond acceptors (Lipinski definition) is 5. The van der Waals surface area contributed by atoms with Gasteiger partial charge in [-0.3, -0.25) is 4.79 Å². The molecule has 1 aliphatic rings. The molecule has 1 aliphatic heterocycles. The van der Waals surface area contributed by atoms with Crippen LogP contribution in [0, 0.1) is 0 Å². The summed E-state index contributed by atoms with van der Waals surface area (Å²) >= 11 is 0. The van der Waals surface area contributed by atoms with Gasteiger partial charge in [-0.25, -0.2) is 12.7 Å². The van der Waals surface area contributed by atoms with Gasteiger partial charge in [0, 0.05) is 26.6 Å². The van der Waals surface area contributed by atoms with Crippen LogP contribution in [0.15, 0.2) is 47.4 Å². The summed E-state index contributed by atoms with van der Waals surface area (Å²) in [4.78, 5) is 12.4. The van der Waals surface area contributed by atoms with Crippen molar-refractivity contribution in [3.8, 4) is 11.5 Å². The van der Waals surface area contributed by atoms with E-state index in [4.69, 9.17) is 9.47 Å². The van der Waals surface area contributed by atoms with Crippen LogP contribution in [0.1, 0.15) is 11.1 Å². The Hall–Kier alpha value is -2.84. The lowest BCUT2D eigenvalue weighted by molar-refractivity contribution is -0.111. The number of amides is 1. The first kappa shape index (κ1) is 19.9. The van der Waals surface area contributed by atoms with Crippen molar-refractivity contribution < 1.29 is 22.7 Å². The van der Waals surface area contributed by atoms with Gasteiger partial charge < -0.3 is 14.8 Å². The van der Waals surface area contributed by atoms with Crippen molar-refractivity contribution in [2.75, 3.05) is 33.1 Å². The molecular formula is C20H22N2O5S. The van der Waals surface area contributed by atoms with Crippen LogP contribution in [-0.4, -0.2) is 46.4 Å². The summed E-state index contributed by atoms with van der Waals surface area (Å²) in [5.74, 6) is 0.855. The van der Waals surface area contributed by atoms with E-state index in [2.05, 4.69) is 5.32 Å². The first-order valence-electron chi connectivity index (χ1n) is 8.66. The molecule has 3 rings (SSSR count). The number of sulfonamides is 1. The maximum Gasteiger partial charge on any atom is 0.248 e. The minimum atomic E-state index is -3.62. The Balaban J connectivity index is 1.79. The lowest BCUT2D eigenvalue weighted by Gasteiger charge is -2.14. The highest BCUT2D eigenvalue weighted by atomic mass is 32.2. The number of nitrogens with one attached hydrogen (secondary N) is 1. The molecule has 2 aromatic carbocycles. The number of nitrogens with zero attached hydrogens (tertiary/aromatic N) is 1. The van der Waals surface area contributed by atoms with Gasteiger partial charge in [0.25, 0.3) is 0 Å². The van der Waals surface area contributed by atoms with Crippen molar-refractivity contribution in [2.45, 2.75) is 11.3 Å². The number of fused-ring (bicyclic) bond motifs is 1. The van der Waals surface area contributed by atoms with Crippen LogP contribution in [0.3, 0.4) is 0 Å². The molecule has 0 spiro atoms. The molecule has 8 heteroatoms. The average Bonchev–Trinajstić information content (AvgIpc) is 3.14. The van der Waals surface area contributed by atoms with Gasteiger partial charge in [0.1, 0.15) is 11.5 Å². The fraction of sp³-hybridized carbons (Fsp3) is 0.250. The summed E-state index contributed by atoms with van der Waals surface area (Å²) in [5.41, 5.74) is 2.28. The SMILES string of the molecule is COc1ccc(S(=O)(=O)N(C)C)cc1NC(=O)/C=C/c1ccc2c(c1)CCO2. The average molecular weight is 402 g/mol. The number of methoxy groups -OCH3 is 1. The van der Waals surface area contributed by atoms with E-state index in [9.17, 15) is 13.2 Å². The molecule has 28 heavy (non-hydrogen) atoms. The minimum Gasteiger partial charge on any atom is -0.495 e. The van der Waals surface area contributed by atoms with Crippen molar-refractivity contribution in [3.63, 3.8) is 0 Å². The second-order valence-electron chi connectivity index (χ2n) is 6.44. The highest BCUT2D eigenvalue weighted by molar-refractivity contribution is 7.89. The molecule has 0 bridgehead atoms. The number of anilines is 1. The molecule has 7 nitrogen and oxygen atoms in total. The molecular weight excluding hydrogens is 380 g/mol. The van der Waals surface area contributed by atoms with E-state index in [1.54, 1.807) is 6.08 Å². The van der Waals surface area contributed by atoms with Gasteiger partial charge in [0.2, 0.25) is 15.9 Å². The van der Waals surface area contributed by atoms with E-state index in [1.807, 2.05) is 18.2 Å². The first-order chi connectivity index (χ1) is 13.3. The predicted octanol–water partition coefficient (Wildman–Crippen LogP) is 2.53. The number of hydrogen-bond donors (Lipinski definition) is 1. The van der Waals surface area contributed by atoms with Gasteiger partial charge in [-0.2, -0.15) is 0 Å². The number of ether oxygens (including phenoxy) is 2. The van der Waals surface area contributed by atoms with E-state index in [1.165, 1.54) is 45.5 Å². The summed E-state index contributed by atoms with van der Waals surface area (Å²) in [5, 5.41) is 2.68. The van der Waals surface area contributed by atoms with Crippen LogP contribution in [0.2, 0.25) is 0 Å². The molecule has 0 saturated heterocycles. The first-order valence-corrected chi connectivity index (χ1v) is 10.1. The van der Waals surface area contributed by atoms with Crippen molar-refractivity contribution in [3.05, 3.63) is 53.6 Å². The molecule has 0 fully saturated rings. The van der Waals surface area contributed by atoms with Crippen LogP contribution >= 0.6 is 0 Å². The topological polar surface area (TPSA) is 84.9 Å². The zero-order chi connectivity index (χ0) is 20.3. The second kappa shape index (κ2) is 8.04. The fourth-order valence-electron chi connectivity index (χ4n) is 2.81. The van der Waals surface area contributed by atoms with E-state index in [-0.39, 0.29) is 10.6 Å². The maximum absolute atomic E-state index is 12.3. The Morgan fingerprint density at radius 3 is 2.71 bits per heavy atom. The number of benzene rings is 2. The molecule has 0 aliphatic carbocycles. The molecule has 0 atom stereocenters. The summed E-state index contributed by atoms with van der Waals surface area (Å²) in [6.45, 7) is 0.676. The van der Waals surface area contributed by atoms with Crippen LogP contribution in [0.4, 0.5) is 5.69 Å². The summed E-state index contributed by atoms with van der Waals surface area (Å²) in [6.07, 6.45) is 3.94. The molecule has 2 aromatic rings. The standard InChI is InChI=1S/C20H22N2O5S/c1-22(2)28(24,25)16-6-8-19(26-3)17(13-16)21-20(23)9-5-14-4-7-18-15(12-14)10-11-27-18/h4-9,12-13H,10-11H2,1-3H3,(H,21,23)/b9-5+. The molecule has 148 valence electrons. The van der Waals surface area contributed by atoms with Crippen molar-refractivity contribution in [1.29, 1.82) is 0 Å². The quantitative estimate of drug-likeness (QED) is 0.751. The van der Waals surface area contributed by atoms with Crippen molar-refractivity contribution >= 4 is 27.7 Å². The Kier molecular flexibility index (Phi) is 5.71. The molecule has 0 unspecified atom stereocenters. The molecule has 0 aromatic heterocycles. The summed E-state index contributed by atoms with van der Waals surface area (Å²) < 4.78 is 36.4. The van der Waals surface area contributed by atoms with Gasteiger partial charge in [-0.15, -0.1) is 0 Å². The Labute approximate surface area is 164 Å². The smallest absolute Gasteiger partial charge is 0.248 e. The molecule has 0 radical (unpaired) electrons. The van der Waals surface area contributed by atoms with E-state index in [0.29, 0.717) is 12.4 Å². The molecule has 0 saturated carbocycles. The second-order valence-corrected chi connectivity index (χ2v) is 8.59. The van der Waals surface area contributed by atoms with E-state index >= 15 is 0 Å². The third kappa shape index (κ3) is 4.18. The Morgan fingerprint density at radius 1 is 1.21 bits per heavy atom. The minimum absolute atomic E-state index is 0.0659. The Morgan fingerprint density at radius 2 is 2.00 bits per heavy atom. The third-order valence-corrected chi connectivity index (χ3v) is 6.16. The lowest BCUT2D eigenvalue weighted by atomic mass is 10.1. The number of carbonyl (C=O) groups excluding carboxylic acids is 1. The normalized spacial score (nSPS) is 13.4. The van der Waals surface area contributed by atoms with E-state index < -0.39 is 15.9 Å². The number of carbonyl (C=O) groups is 1. The van der Waals surface area contributed by atoms with Gasteiger partial charge >= 0.3 is 0 Å². The number of rotatable bonds is 6.